The minimum Gasteiger partial charge on any atom is -0.345 e. The predicted octanol–water partition coefficient (Wildman–Crippen LogP) is 1.75. The van der Waals surface area contributed by atoms with Crippen LogP contribution in [0.3, 0.4) is 0 Å². The Balaban J connectivity index is 2.24. The van der Waals surface area contributed by atoms with Gasteiger partial charge < -0.3 is 4.90 Å². The first-order valence-corrected chi connectivity index (χ1v) is 9.28. The van der Waals surface area contributed by atoms with E-state index in [9.17, 15) is 13.2 Å². The SMILES string of the molecule is CN(C)C(=O)c1cccc(CN(Cc2ccccn2)S(C)(=O)=O)c1. The molecule has 128 valence electrons. The summed E-state index contributed by atoms with van der Waals surface area (Å²) < 4.78 is 25.5. The van der Waals surface area contributed by atoms with E-state index >= 15 is 0 Å². The van der Waals surface area contributed by atoms with E-state index in [1.54, 1.807) is 50.6 Å². The molecule has 0 fully saturated rings. The van der Waals surface area contributed by atoms with Crippen molar-refractivity contribution < 1.29 is 13.2 Å². The standard InChI is InChI=1S/C17H21N3O3S/c1-19(2)17(21)15-8-6-7-14(11-15)12-20(24(3,22)23)13-16-9-4-5-10-18-16/h4-11H,12-13H2,1-3H3. The summed E-state index contributed by atoms with van der Waals surface area (Å²) in [7, 11) is -0.0538. The number of pyridine rings is 1. The molecule has 0 saturated heterocycles. The molecule has 24 heavy (non-hydrogen) atoms. The van der Waals surface area contributed by atoms with E-state index in [1.807, 2.05) is 12.1 Å². The van der Waals surface area contributed by atoms with Crippen LogP contribution in [-0.4, -0.2) is 48.9 Å². The van der Waals surface area contributed by atoms with Crippen LogP contribution in [0.2, 0.25) is 0 Å². The number of sulfonamides is 1. The largest absolute Gasteiger partial charge is 0.345 e. The van der Waals surface area contributed by atoms with Crippen LogP contribution < -0.4 is 0 Å². The van der Waals surface area contributed by atoms with Gasteiger partial charge in [-0.3, -0.25) is 9.78 Å². The summed E-state index contributed by atoms with van der Waals surface area (Å²) >= 11 is 0. The second kappa shape index (κ2) is 7.55. The topological polar surface area (TPSA) is 70.6 Å². The third-order valence-electron chi connectivity index (χ3n) is 3.47. The van der Waals surface area contributed by atoms with Gasteiger partial charge in [-0.2, -0.15) is 4.31 Å². The molecule has 1 heterocycles. The zero-order valence-corrected chi connectivity index (χ0v) is 14.8. The summed E-state index contributed by atoms with van der Waals surface area (Å²) in [6.07, 6.45) is 2.80. The average molecular weight is 347 g/mol. The first kappa shape index (κ1) is 18.1. The molecule has 0 aliphatic rings. The highest BCUT2D eigenvalue weighted by Gasteiger charge is 2.19. The number of rotatable bonds is 6. The molecule has 0 atom stereocenters. The Bertz CT molecular complexity index is 805. The zero-order valence-electron chi connectivity index (χ0n) is 14.0. The second-order valence-corrected chi connectivity index (χ2v) is 7.73. The molecule has 0 aliphatic heterocycles. The molecular weight excluding hydrogens is 326 g/mol. The maximum atomic E-state index is 12.1. The summed E-state index contributed by atoms with van der Waals surface area (Å²) in [6.45, 7) is 0.371. The summed E-state index contributed by atoms with van der Waals surface area (Å²) in [6, 6.07) is 12.4. The third kappa shape index (κ3) is 4.87. The highest BCUT2D eigenvalue weighted by molar-refractivity contribution is 7.88. The lowest BCUT2D eigenvalue weighted by atomic mass is 10.1. The first-order valence-electron chi connectivity index (χ1n) is 7.43. The van der Waals surface area contributed by atoms with E-state index in [0.717, 1.165) is 5.56 Å². The van der Waals surface area contributed by atoms with E-state index < -0.39 is 10.0 Å². The Morgan fingerprint density at radius 2 is 1.83 bits per heavy atom. The predicted molar refractivity (Wildman–Crippen MR) is 92.8 cm³/mol. The van der Waals surface area contributed by atoms with Crippen molar-refractivity contribution in [2.75, 3.05) is 20.4 Å². The van der Waals surface area contributed by atoms with Crippen molar-refractivity contribution in [3.63, 3.8) is 0 Å². The zero-order chi connectivity index (χ0) is 17.7. The van der Waals surface area contributed by atoms with E-state index in [4.69, 9.17) is 0 Å². The van der Waals surface area contributed by atoms with Crippen molar-refractivity contribution in [1.29, 1.82) is 0 Å². The van der Waals surface area contributed by atoms with Crippen molar-refractivity contribution in [3.8, 4) is 0 Å². The van der Waals surface area contributed by atoms with Crippen molar-refractivity contribution in [2.45, 2.75) is 13.1 Å². The average Bonchev–Trinajstić information content (AvgIpc) is 2.54. The van der Waals surface area contributed by atoms with Gasteiger partial charge in [-0.15, -0.1) is 0 Å². The van der Waals surface area contributed by atoms with E-state index in [1.165, 1.54) is 15.5 Å². The highest BCUT2D eigenvalue weighted by atomic mass is 32.2. The number of hydrogen-bond acceptors (Lipinski definition) is 4. The highest BCUT2D eigenvalue weighted by Crippen LogP contribution is 2.14. The van der Waals surface area contributed by atoms with Crippen LogP contribution in [0.5, 0.6) is 0 Å². The number of aromatic nitrogens is 1. The number of benzene rings is 1. The van der Waals surface area contributed by atoms with Gasteiger partial charge in [-0.05, 0) is 29.8 Å². The van der Waals surface area contributed by atoms with Crippen molar-refractivity contribution >= 4 is 15.9 Å². The molecule has 0 unspecified atom stereocenters. The second-order valence-electron chi connectivity index (χ2n) is 5.75. The molecular formula is C17H21N3O3S. The summed E-state index contributed by atoms with van der Waals surface area (Å²) in [5.74, 6) is -0.118. The van der Waals surface area contributed by atoms with Gasteiger partial charge in [-0.1, -0.05) is 18.2 Å². The van der Waals surface area contributed by atoms with E-state index in [-0.39, 0.29) is 19.0 Å². The fourth-order valence-electron chi connectivity index (χ4n) is 2.23. The van der Waals surface area contributed by atoms with Crippen molar-refractivity contribution in [1.82, 2.24) is 14.2 Å². The fourth-order valence-corrected chi connectivity index (χ4v) is 2.98. The minimum atomic E-state index is -3.41. The Morgan fingerprint density at radius 3 is 2.42 bits per heavy atom. The lowest BCUT2D eigenvalue weighted by Crippen LogP contribution is -2.29. The van der Waals surface area contributed by atoms with Gasteiger partial charge in [0.2, 0.25) is 10.0 Å². The Kier molecular flexibility index (Phi) is 5.69. The lowest BCUT2D eigenvalue weighted by Gasteiger charge is -2.20. The van der Waals surface area contributed by atoms with Crippen LogP contribution in [0.25, 0.3) is 0 Å². The van der Waals surface area contributed by atoms with Crippen LogP contribution in [0.15, 0.2) is 48.7 Å². The van der Waals surface area contributed by atoms with Crippen LogP contribution in [0.4, 0.5) is 0 Å². The molecule has 0 saturated carbocycles. The van der Waals surface area contributed by atoms with Gasteiger partial charge in [0.15, 0.2) is 0 Å². The smallest absolute Gasteiger partial charge is 0.253 e. The Hall–Kier alpha value is -2.25. The van der Waals surface area contributed by atoms with Gasteiger partial charge in [0.1, 0.15) is 0 Å². The molecule has 0 spiro atoms. The number of amides is 1. The molecule has 0 bridgehead atoms. The molecule has 2 rings (SSSR count). The molecule has 6 nitrogen and oxygen atoms in total. The number of nitrogens with zero attached hydrogens (tertiary/aromatic N) is 3. The number of carbonyl (C=O) groups is 1. The molecule has 1 aromatic carbocycles. The summed E-state index contributed by atoms with van der Waals surface area (Å²) in [5, 5.41) is 0. The van der Waals surface area contributed by atoms with Gasteiger partial charge >= 0.3 is 0 Å². The van der Waals surface area contributed by atoms with Gasteiger partial charge in [0, 0.05) is 32.4 Å². The Labute approximate surface area is 142 Å². The summed E-state index contributed by atoms with van der Waals surface area (Å²) in [5.41, 5.74) is 1.95. The van der Waals surface area contributed by atoms with Gasteiger partial charge in [0.05, 0.1) is 18.5 Å². The van der Waals surface area contributed by atoms with Crippen LogP contribution in [0, 0.1) is 0 Å². The van der Waals surface area contributed by atoms with Crippen LogP contribution in [0.1, 0.15) is 21.6 Å². The summed E-state index contributed by atoms with van der Waals surface area (Å²) in [4.78, 5) is 17.7. The third-order valence-corrected chi connectivity index (χ3v) is 4.67. The van der Waals surface area contributed by atoms with Crippen LogP contribution in [-0.2, 0) is 23.1 Å². The normalized spacial score (nSPS) is 11.5. The maximum Gasteiger partial charge on any atom is 0.253 e. The molecule has 0 aliphatic carbocycles. The molecule has 7 heteroatoms. The van der Waals surface area contributed by atoms with E-state index in [0.29, 0.717) is 11.3 Å². The first-order chi connectivity index (χ1) is 11.3. The fraction of sp³-hybridized carbons (Fsp3) is 0.294. The Morgan fingerprint density at radius 1 is 1.08 bits per heavy atom. The molecule has 1 amide bonds. The lowest BCUT2D eigenvalue weighted by molar-refractivity contribution is 0.0827. The van der Waals surface area contributed by atoms with Crippen molar-refractivity contribution in [2.24, 2.45) is 0 Å². The van der Waals surface area contributed by atoms with Crippen LogP contribution >= 0.6 is 0 Å². The monoisotopic (exact) mass is 347 g/mol. The van der Waals surface area contributed by atoms with Crippen molar-refractivity contribution in [3.05, 3.63) is 65.5 Å². The molecule has 0 radical (unpaired) electrons. The minimum absolute atomic E-state index is 0.118. The maximum absolute atomic E-state index is 12.1. The van der Waals surface area contributed by atoms with Gasteiger partial charge in [-0.25, -0.2) is 8.42 Å². The molecule has 2 aromatic rings. The molecule has 1 aromatic heterocycles. The van der Waals surface area contributed by atoms with Gasteiger partial charge in [0.25, 0.3) is 5.91 Å². The van der Waals surface area contributed by atoms with E-state index in [2.05, 4.69) is 4.98 Å². The molecule has 0 N–H and O–H groups in total. The number of hydrogen-bond donors (Lipinski definition) is 0. The quantitative estimate of drug-likeness (QED) is 0.798. The number of carbonyl (C=O) groups excluding carboxylic acids is 1.